The molecule has 0 aliphatic heterocycles. The minimum atomic E-state index is -0.592. The molecule has 0 bridgehead atoms. The van der Waals surface area contributed by atoms with Gasteiger partial charge in [-0.1, -0.05) is 6.07 Å². The molecule has 0 amide bonds. The Labute approximate surface area is 91.2 Å². The van der Waals surface area contributed by atoms with Crippen LogP contribution in [0.5, 0.6) is 0 Å². The second-order valence-electron chi connectivity index (χ2n) is 3.33. The van der Waals surface area contributed by atoms with E-state index in [-0.39, 0.29) is 6.61 Å². The van der Waals surface area contributed by atoms with Crippen molar-refractivity contribution in [2.75, 3.05) is 0 Å². The molecule has 0 fully saturated rings. The van der Waals surface area contributed by atoms with Crippen molar-refractivity contribution in [3.05, 3.63) is 53.9 Å². The average Bonchev–Trinajstić information content (AvgIpc) is 2.30. The Balaban J connectivity index is 2.53. The molecule has 0 aliphatic rings. The Morgan fingerprint density at radius 1 is 1.12 bits per heavy atom. The SMILES string of the molecule is OCc1ccc(F)cc1-c1ccc(F)nc1. The highest BCUT2D eigenvalue weighted by Crippen LogP contribution is 2.24. The standard InChI is InChI=1S/C12H9F2NO/c13-10-3-1-9(7-16)11(5-10)8-2-4-12(14)15-6-8/h1-6,16H,7H2. The summed E-state index contributed by atoms with van der Waals surface area (Å²) in [6, 6.07) is 6.75. The fraction of sp³-hybridized carbons (Fsp3) is 0.0833. The molecule has 1 N–H and O–H groups in total. The average molecular weight is 221 g/mol. The van der Waals surface area contributed by atoms with Crippen molar-refractivity contribution < 1.29 is 13.9 Å². The molecule has 1 aromatic carbocycles. The maximum Gasteiger partial charge on any atom is 0.212 e. The summed E-state index contributed by atoms with van der Waals surface area (Å²) in [4.78, 5) is 3.49. The second-order valence-corrected chi connectivity index (χ2v) is 3.33. The summed E-state index contributed by atoms with van der Waals surface area (Å²) in [5, 5.41) is 9.11. The molecule has 4 heteroatoms. The Morgan fingerprint density at radius 2 is 1.94 bits per heavy atom. The van der Waals surface area contributed by atoms with E-state index in [0.717, 1.165) is 0 Å². The zero-order chi connectivity index (χ0) is 11.5. The number of hydrogen-bond donors (Lipinski definition) is 1. The van der Waals surface area contributed by atoms with Crippen LogP contribution in [-0.2, 0) is 6.61 Å². The molecule has 0 unspecified atom stereocenters. The van der Waals surface area contributed by atoms with E-state index in [9.17, 15) is 8.78 Å². The molecule has 2 aromatic rings. The van der Waals surface area contributed by atoms with Crippen molar-refractivity contribution in [3.8, 4) is 11.1 Å². The predicted molar refractivity (Wildman–Crippen MR) is 55.5 cm³/mol. The summed E-state index contributed by atoms with van der Waals surface area (Å²) < 4.78 is 25.7. The first-order valence-corrected chi connectivity index (χ1v) is 4.72. The van der Waals surface area contributed by atoms with Gasteiger partial charge in [0.25, 0.3) is 0 Å². The molecule has 2 rings (SSSR count). The van der Waals surface area contributed by atoms with Crippen LogP contribution in [0.15, 0.2) is 36.5 Å². The quantitative estimate of drug-likeness (QED) is 0.790. The van der Waals surface area contributed by atoms with E-state index >= 15 is 0 Å². The summed E-state index contributed by atoms with van der Waals surface area (Å²) in [7, 11) is 0. The van der Waals surface area contributed by atoms with Crippen LogP contribution in [0.2, 0.25) is 0 Å². The molecule has 0 aliphatic carbocycles. The van der Waals surface area contributed by atoms with E-state index in [1.807, 2.05) is 0 Å². The van der Waals surface area contributed by atoms with Crippen molar-refractivity contribution in [2.45, 2.75) is 6.61 Å². The van der Waals surface area contributed by atoms with Crippen LogP contribution >= 0.6 is 0 Å². The molecule has 0 saturated carbocycles. The first-order chi connectivity index (χ1) is 7.70. The molecule has 0 radical (unpaired) electrons. The van der Waals surface area contributed by atoms with Gasteiger partial charge in [0.1, 0.15) is 5.82 Å². The number of nitrogens with zero attached hydrogens (tertiary/aromatic N) is 1. The highest BCUT2D eigenvalue weighted by Gasteiger charge is 2.06. The Morgan fingerprint density at radius 3 is 2.56 bits per heavy atom. The Bertz CT molecular complexity index is 497. The molecule has 1 aromatic heterocycles. The van der Waals surface area contributed by atoms with Crippen LogP contribution in [0.25, 0.3) is 11.1 Å². The number of rotatable bonds is 2. The highest BCUT2D eigenvalue weighted by atomic mass is 19.1. The molecular formula is C12H9F2NO. The molecule has 82 valence electrons. The number of hydrogen-bond acceptors (Lipinski definition) is 2. The van der Waals surface area contributed by atoms with Gasteiger partial charge < -0.3 is 5.11 Å². The molecule has 0 atom stereocenters. The van der Waals surface area contributed by atoms with Crippen LogP contribution in [0.3, 0.4) is 0 Å². The number of benzene rings is 1. The maximum atomic E-state index is 13.1. The third-order valence-corrected chi connectivity index (χ3v) is 2.28. The van der Waals surface area contributed by atoms with Crippen molar-refractivity contribution in [1.82, 2.24) is 4.98 Å². The van der Waals surface area contributed by atoms with Crippen molar-refractivity contribution in [1.29, 1.82) is 0 Å². The Hall–Kier alpha value is -1.81. The van der Waals surface area contributed by atoms with Gasteiger partial charge in [0.2, 0.25) is 5.95 Å². The zero-order valence-corrected chi connectivity index (χ0v) is 8.32. The summed E-state index contributed by atoms with van der Waals surface area (Å²) >= 11 is 0. The molecule has 1 heterocycles. The number of aliphatic hydroxyl groups is 1. The van der Waals surface area contributed by atoms with E-state index in [2.05, 4.69) is 4.98 Å². The first kappa shape index (κ1) is 10.7. The van der Waals surface area contributed by atoms with E-state index in [0.29, 0.717) is 16.7 Å². The molecule has 0 spiro atoms. The minimum absolute atomic E-state index is 0.201. The maximum absolute atomic E-state index is 13.1. The van der Waals surface area contributed by atoms with Gasteiger partial charge in [-0.05, 0) is 35.4 Å². The van der Waals surface area contributed by atoms with E-state index in [1.165, 1.54) is 36.5 Å². The van der Waals surface area contributed by atoms with Gasteiger partial charge in [-0.25, -0.2) is 9.37 Å². The number of aliphatic hydroxyl groups excluding tert-OH is 1. The van der Waals surface area contributed by atoms with Crippen molar-refractivity contribution in [2.24, 2.45) is 0 Å². The van der Waals surface area contributed by atoms with Crippen LogP contribution in [0.1, 0.15) is 5.56 Å². The Kier molecular flexibility index (Phi) is 2.92. The van der Waals surface area contributed by atoms with Crippen LogP contribution < -0.4 is 0 Å². The first-order valence-electron chi connectivity index (χ1n) is 4.72. The number of halogens is 2. The van der Waals surface area contributed by atoms with Gasteiger partial charge in [-0.2, -0.15) is 4.39 Å². The van der Waals surface area contributed by atoms with E-state index < -0.39 is 11.8 Å². The molecular weight excluding hydrogens is 212 g/mol. The highest BCUT2D eigenvalue weighted by molar-refractivity contribution is 5.66. The summed E-state index contributed by atoms with van der Waals surface area (Å²) in [6.45, 7) is -0.201. The summed E-state index contributed by atoms with van der Waals surface area (Å²) in [5.74, 6) is -0.998. The normalized spacial score (nSPS) is 10.4. The van der Waals surface area contributed by atoms with Crippen molar-refractivity contribution in [3.63, 3.8) is 0 Å². The minimum Gasteiger partial charge on any atom is -0.392 e. The summed E-state index contributed by atoms with van der Waals surface area (Å²) in [6.07, 6.45) is 1.31. The second kappa shape index (κ2) is 4.37. The van der Waals surface area contributed by atoms with Gasteiger partial charge >= 0.3 is 0 Å². The topological polar surface area (TPSA) is 33.1 Å². The smallest absolute Gasteiger partial charge is 0.212 e. The lowest BCUT2D eigenvalue weighted by molar-refractivity contribution is 0.282. The van der Waals surface area contributed by atoms with Crippen LogP contribution in [0, 0.1) is 11.8 Å². The van der Waals surface area contributed by atoms with Gasteiger partial charge in [-0.15, -0.1) is 0 Å². The molecule has 2 nitrogen and oxygen atoms in total. The molecule has 0 saturated heterocycles. The van der Waals surface area contributed by atoms with E-state index in [4.69, 9.17) is 5.11 Å². The molecule has 16 heavy (non-hydrogen) atoms. The van der Waals surface area contributed by atoms with Crippen LogP contribution in [-0.4, -0.2) is 10.1 Å². The van der Waals surface area contributed by atoms with Crippen molar-refractivity contribution >= 4 is 0 Å². The monoisotopic (exact) mass is 221 g/mol. The fourth-order valence-corrected chi connectivity index (χ4v) is 1.49. The van der Waals surface area contributed by atoms with Gasteiger partial charge in [0, 0.05) is 11.8 Å². The van der Waals surface area contributed by atoms with E-state index in [1.54, 1.807) is 0 Å². The lowest BCUT2D eigenvalue weighted by Gasteiger charge is -2.07. The fourth-order valence-electron chi connectivity index (χ4n) is 1.49. The summed E-state index contributed by atoms with van der Waals surface area (Å²) in [5.41, 5.74) is 1.68. The third-order valence-electron chi connectivity index (χ3n) is 2.28. The van der Waals surface area contributed by atoms with Gasteiger partial charge in [-0.3, -0.25) is 0 Å². The number of pyridine rings is 1. The van der Waals surface area contributed by atoms with Crippen LogP contribution in [0.4, 0.5) is 8.78 Å². The lowest BCUT2D eigenvalue weighted by Crippen LogP contribution is -1.92. The largest absolute Gasteiger partial charge is 0.392 e. The zero-order valence-electron chi connectivity index (χ0n) is 8.32. The predicted octanol–water partition coefficient (Wildman–Crippen LogP) is 2.52. The number of aromatic nitrogens is 1. The van der Waals surface area contributed by atoms with Gasteiger partial charge in [0.15, 0.2) is 0 Å². The van der Waals surface area contributed by atoms with Gasteiger partial charge in [0.05, 0.1) is 6.61 Å². The third kappa shape index (κ3) is 2.06. The lowest BCUT2D eigenvalue weighted by atomic mass is 10.0.